The Labute approximate surface area is 172 Å². The number of halogens is 3. The molecule has 3 atom stereocenters. The van der Waals surface area contributed by atoms with Crippen LogP contribution in [0.3, 0.4) is 0 Å². The Balaban J connectivity index is 0.000000589. The summed E-state index contributed by atoms with van der Waals surface area (Å²) in [7, 11) is 0. The number of aromatic nitrogens is 3. The van der Waals surface area contributed by atoms with E-state index in [0.717, 1.165) is 11.8 Å². The summed E-state index contributed by atoms with van der Waals surface area (Å²) in [5.41, 5.74) is -0.140. The Kier molecular flexibility index (Phi) is 6.06. The molecule has 160 valence electrons. The number of rotatable bonds is 3. The Hall–Kier alpha value is -2.63. The van der Waals surface area contributed by atoms with Crippen molar-refractivity contribution in [1.29, 1.82) is 0 Å². The van der Waals surface area contributed by atoms with E-state index in [-0.39, 0.29) is 28.6 Å². The van der Waals surface area contributed by atoms with Crippen LogP contribution in [0, 0.1) is 5.41 Å². The lowest BCUT2D eigenvalue weighted by Crippen LogP contribution is -2.10. The molecule has 2 heterocycles. The number of hydrogen-bond acceptors (Lipinski definition) is 6. The maximum atomic E-state index is 13.2. The van der Waals surface area contributed by atoms with Crippen LogP contribution in [0.25, 0.3) is 11.4 Å². The summed E-state index contributed by atoms with van der Waals surface area (Å²) in [5, 5.41) is 7.82. The molecule has 0 aliphatic heterocycles. The number of benzene rings is 1. The van der Waals surface area contributed by atoms with Crippen LogP contribution in [0.4, 0.5) is 13.2 Å². The Morgan fingerprint density at radius 1 is 1.13 bits per heavy atom. The second-order valence-electron chi connectivity index (χ2n) is 7.30. The number of nitrogens with two attached hydrogens (primary N) is 1. The highest BCUT2D eigenvalue weighted by atomic mass is 32.2. The second-order valence-corrected chi connectivity index (χ2v) is 7.82. The molecule has 1 fully saturated rings. The van der Waals surface area contributed by atoms with E-state index in [4.69, 9.17) is 13.3 Å². The minimum Gasteiger partial charge on any atom is -0.760 e. The Morgan fingerprint density at radius 3 is 2.37 bits per heavy atom. The molecule has 1 unspecified atom stereocenters. The van der Waals surface area contributed by atoms with Crippen molar-refractivity contribution < 1.29 is 26.5 Å². The van der Waals surface area contributed by atoms with Crippen LogP contribution in [0.15, 0.2) is 53.2 Å². The molecule has 0 amide bonds. The van der Waals surface area contributed by atoms with E-state index >= 15 is 0 Å². The Morgan fingerprint density at radius 2 is 1.77 bits per heavy atom. The summed E-state index contributed by atoms with van der Waals surface area (Å²) >= 11 is -2.36. The van der Waals surface area contributed by atoms with E-state index in [1.54, 1.807) is 0 Å². The predicted octanol–water partition coefficient (Wildman–Crippen LogP) is 3.80. The van der Waals surface area contributed by atoms with E-state index in [9.17, 15) is 13.2 Å². The van der Waals surface area contributed by atoms with Crippen LogP contribution in [-0.2, 0) is 17.4 Å². The SMILES string of the molecule is CC1(C)[C@@H](c2ccccc2)[C@@H]1c1nc(-c2cccnc2C(F)(F)F)no1.NS(=O)[O-]. The van der Waals surface area contributed by atoms with Gasteiger partial charge in [-0.1, -0.05) is 49.3 Å². The van der Waals surface area contributed by atoms with E-state index < -0.39 is 23.1 Å². The lowest BCUT2D eigenvalue weighted by atomic mass is 10.0. The van der Waals surface area contributed by atoms with Gasteiger partial charge in [0, 0.05) is 23.4 Å². The fourth-order valence-electron chi connectivity index (χ4n) is 3.66. The van der Waals surface area contributed by atoms with Crippen molar-refractivity contribution in [2.45, 2.75) is 31.9 Å². The van der Waals surface area contributed by atoms with Gasteiger partial charge in [0.05, 0.1) is 11.5 Å². The number of pyridine rings is 1. The topological polar surface area (TPSA) is 118 Å². The summed E-state index contributed by atoms with van der Waals surface area (Å²) in [6.07, 6.45) is -3.48. The van der Waals surface area contributed by atoms with Gasteiger partial charge in [-0.15, -0.1) is 0 Å². The molecule has 1 aliphatic rings. The number of nitrogens with zero attached hydrogens (tertiary/aromatic N) is 3. The standard InChI is InChI=1S/C19H16F3N3O.H3NO2S/c1-18(2)13(11-7-4-3-5-8-11)14(18)17-24-16(25-26-17)12-9-6-10-23-15(12)19(20,21)22;1-4(2)3/h3-10,13-14H,1-2H3;1H2,(H,2,3)/p-1/t13-,14+;/m0./s1. The first kappa shape index (κ1) is 22.1. The lowest BCUT2D eigenvalue weighted by Gasteiger charge is -2.08. The van der Waals surface area contributed by atoms with E-state index in [2.05, 4.69) is 34.1 Å². The van der Waals surface area contributed by atoms with Crippen LogP contribution in [0.5, 0.6) is 0 Å². The van der Waals surface area contributed by atoms with Crippen molar-refractivity contribution in [2.75, 3.05) is 0 Å². The summed E-state index contributed by atoms with van der Waals surface area (Å²) in [4.78, 5) is 7.71. The van der Waals surface area contributed by atoms with Crippen LogP contribution < -0.4 is 5.14 Å². The third-order valence-electron chi connectivity index (χ3n) is 5.01. The second kappa shape index (κ2) is 8.25. The van der Waals surface area contributed by atoms with Gasteiger partial charge in [-0.05, 0) is 23.1 Å². The quantitative estimate of drug-likeness (QED) is 0.620. The van der Waals surface area contributed by atoms with Gasteiger partial charge in [0.25, 0.3) is 0 Å². The molecule has 0 bridgehead atoms. The van der Waals surface area contributed by atoms with Gasteiger partial charge >= 0.3 is 6.18 Å². The maximum Gasteiger partial charge on any atom is 0.434 e. The minimum absolute atomic E-state index is 0.0304. The summed E-state index contributed by atoms with van der Waals surface area (Å²) in [6, 6.07) is 12.7. The maximum absolute atomic E-state index is 13.2. The molecular weight excluding hydrogens is 421 g/mol. The van der Waals surface area contributed by atoms with Crippen molar-refractivity contribution in [3.63, 3.8) is 0 Å². The molecular formula is C19H18F3N4O3S-. The van der Waals surface area contributed by atoms with Crippen LogP contribution in [-0.4, -0.2) is 23.9 Å². The highest BCUT2D eigenvalue weighted by molar-refractivity contribution is 7.76. The highest BCUT2D eigenvalue weighted by Crippen LogP contribution is 2.69. The smallest absolute Gasteiger partial charge is 0.434 e. The first-order valence-corrected chi connectivity index (χ1v) is 9.92. The van der Waals surface area contributed by atoms with Gasteiger partial charge in [0.15, 0.2) is 5.69 Å². The summed E-state index contributed by atoms with van der Waals surface area (Å²) in [6.45, 7) is 4.18. The molecule has 0 saturated heterocycles. The van der Waals surface area contributed by atoms with Crippen molar-refractivity contribution in [2.24, 2.45) is 10.6 Å². The largest absolute Gasteiger partial charge is 0.760 e. The van der Waals surface area contributed by atoms with Crippen molar-refractivity contribution in [3.05, 3.63) is 65.8 Å². The van der Waals surface area contributed by atoms with Crippen LogP contribution in [0.1, 0.15) is 42.8 Å². The zero-order valence-corrected chi connectivity index (χ0v) is 16.8. The normalized spacial score (nSPS) is 20.8. The van der Waals surface area contributed by atoms with Crippen LogP contribution in [0.2, 0.25) is 0 Å². The van der Waals surface area contributed by atoms with Gasteiger partial charge in [0.1, 0.15) is 0 Å². The third kappa shape index (κ3) is 4.58. The summed E-state index contributed by atoms with van der Waals surface area (Å²) < 4.78 is 62.4. The molecule has 0 radical (unpaired) electrons. The molecule has 30 heavy (non-hydrogen) atoms. The fraction of sp³-hybridized carbons (Fsp3) is 0.316. The minimum atomic E-state index is -4.58. The monoisotopic (exact) mass is 439 g/mol. The van der Waals surface area contributed by atoms with Gasteiger partial charge in [-0.2, -0.15) is 18.2 Å². The average Bonchev–Trinajstić information content (AvgIpc) is 3.01. The zero-order chi connectivity index (χ0) is 22.1. The lowest BCUT2D eigenvalue weighted by molar-refractivity contribution is -0.140. The first-order chi connectivity index (χ1) is 14.0. The van der Waals surface area contributed by atoms with Crippen molar-refractivity contribution >= 4 is 11.3 Å². The van der Waals surface area contributed by atoms with E-state index in [0.29, 0.717) is 5.89 Å². The molecule has 1 saturated carbocycles. The molecule has 2 N–H and O–H groups in total. The van der Waals surface area contributed by atoms with Gasteiger partial charge in [-0.3, -0.25) is 14.3 Å². The highest BCUT2D eigenvalue weighted by Gasteiger charge is 2.62. The summed E-state index contributed by atoms with van der Waals surface area (Å²) in [5.74, 6) is 0.427. The molecule has 1 aliphatic carbocycles. The van der Waals surface area contributed by atoms with Crippen molar-refractivity contribution in [3.8, 4) is 11.4 Å². The van der Waals surface area contributed by atoms with Gasteiger partial charge in [0.2, 0.25) is 11.7 Å². The van der Waals surface area contributed by atoms with Crippen LogP contribution >= 0.6 is 0 Å². The number of alkyl halides is 3. The zero-order valence-electron chi connectivity index (χ0n) is 16.0. The Bertz CT molecular complexity index is 1040. The van der Waals surface area contributed by atoms with E-state index in [1.165, 1.54) is 12.1 Å². The molecule has 0 spiro atoms. The molecule has 3 aromatic rings. The molecule has 11 heteroatoms. The third-order valence-corrected chi connectivity index (χ3v) is 5.01. The van der Waals surface area contributed by atoms with Gasteiger partial charge < -0.3 is 9.08 Å². The van der Waals surface area contributed by atoms with Crippen molar-refractivity contribution in [1.82, 2.24) is 15.1 Å². The molecule has 4 rings (SSSR count). The van der Waals surface area contributed by atoms with E-state index in [1.807, 2.05) is 30.3 Å². The average molecular weight is 439 g/mol. The molecule has 7 nitrogen and oxygen atoms in total. The van der Waals surface area contributed by atoms with Gasteiger partial charge in [-0.25, -0.2) is 0 Å². The molecule has 1 aromatic carbocycles. The molecule has 2 aromatic heterocycles. The predicted molar refractivity (Wildman–Crippen MR) is 101 cm³/mol. The number of hydrogen-bond donors (Lipinski definition) is 1. The first-order valence-electron chi connectivity index (χ1n) is 8.78. The fourth-order valence-corrected chi connectivity index (χ4v) is 3.66.